The number of nitrogens with one attached hydrogen (secondary N) is 1. The van der Waals surface area contributed by atoms with Crippen LogP contribution >= 0.6 is 0 Å². The zero-order valence-electron chi connectivity index (χ0n) is 10.1. The van der Waals surface area contributed by atoms with Gasteiger partial charge in [0.2, 0.25) is 0 Å². The molecule has 5 nitrogen and oxygen atoms in total. The van der Waals surface area contributed by atoms with Gasteiger partial charge >= 0.3 is 5.97 Å². The van der Waals surface area contributed by atoms with Gasteiger partial charge in [0.05, 0.1) is 12.0 Å². The quantitative estimate of drug-likeness (QED) is 0.753. The summed E-state index contributed by atoms with van der Waals surface area (Å²) in [5.41, 5.74) is 7.82. The summed E-state index contributed by atoms with van der Waals surface area (Å²) in [5, 5.41) is 8.79. The highest BCUT2D eigenvalue weighted by Crippen LogP contribution is 2.13. The molecule has 0 radical (unpaired) electrons. The summed E-state index contributed by atoms with van der Waals surface area (Å²) in [5.74, 6) is -1.35. The highest BCUT2D eigenvalue weighted by molar-refractivity contribution is 5.73. The number of halogens is 1. The Hall–Kier alpha value is -2.21. The molecule has 1 aromatic carbocycles. The monoisotopic (exact) mass is 263 g/mol. The maximum atomic E-state index is 12.8. The molecule has 4 N–H and O–H groups in total. The molecule has 1 aromatic heterocycles. The first-order chi connectivity index (χ1) is 9.06. The molecule has 100 valence electrons. The molecule has 6 heteroatoms. The van der Waals surface area contributed by atoms with E-state index in [-0.39, 0.29) is 12.2 Å². The molecular formula is C13H14FN3O2. The van der Waals surface area contributed by atoms with Gasteiger partial charge in [-0.15, -0.1) is 0 Å². The first kappa shape index (κ1) is 13.2. The fraction of sp³-hybridized carbons (Fsp3) is 0.231. The number of nitrogens with zero attached hydrogens (tertiary/aromatic N) is 1. The predicted octanol–water partition coefficient (Wildman–Crippen LogP) is 1.09. The normalized spacial score (nSPS) is 12.3. The number of benzene rings is 1. The lowest BCUT2D eigenvalue weighted by molar-refractivity contribution is -0.138. The third kappa shape index (κ3) is 3.38. The van der Waals surface area contributed by atoms with E-state index >= 15 is 0 Å². The highest BCUT2D eigenvalue weighted by Gasteiger charge is 2.16. The van der Waals surface area contributed by atoms with Crippen molar-refractivity contribution >= 4 is 5.97 Å². The first-order valence-corrected chi connectivity index (χ1v) is 5.80. The third-order valence-electron chi connectivity index (χ3n) is 2.83. The Morgan fingerprint density at radius 2 is 2.11 bits per heavy atom. The molecule has 0 amide bonds. The highest BCUT2D eigenvalue weighted by atomic mass is 19.1. The van der Waals surface area contributed by atoms with Gasteiger partial charge in [-0.2, -0.15) is 0 Å². The Morgan fingerprint density at radius 1 is 1.42 bits per heavy atom. The number of nitrogens with two attached hydrogens (primary N) is 1. The summed E-state index contributed by atoms with van der Waals surface area (Å²) in [6.45, 7) is 0. The minimum Gasteiger partial charge on any atom is -0.480 e. The molecule has 0 spiro atoms. The number of aliphatic carboxylic acids is 1. The molecule has 0 aliphatic carbocycles. The Balaban J connectivity index is 2.11. The van der Waals surface area contributed by atoms with E-state index in [0.29, 0.717) is 12.1 Å². The van der Waals surface area contributed by atoms with Crippen molar-refractivity contribution in [2.24, 2.45) is 5.73 Å². The Morgan fingerprint density at radius 3 is 2.74 bits per heavy atom. The second-order valence-corrected chi connectivity index (χ2v) is 4.28. The molecule has 2 aromatic rings. The summed E-state index contributed by atoms with van der Waals surface area (Å²) >= 11 is 0. The van der Waals surface area contributed by atoms with Crippen molar-refractivity contribution in [1.29, 1.82) is 0 Å². The summed E-state index contributed by atoms with van der Waals surface area (Å²) in [6.07, 6.45) is 2.19. The van der Waals surface area contributed by atoms with E-state index in [9.17, 15) is 9.18 Å². The minimum atomic E-state index is -1.06. The lowest BCUT2D eigenvalue weighted by Crippen LogP contribution is -2.32. The Bertz CT molecular complexity index is 566. The van der Waals surface area contributed by atoms with Crippen molar-refractivity contribution in [2.75, 3.05) is 0 Å². The summed E-state index contributed by atoms with van der Waals surface area (Å²) < 4.78 is 12.8. The van der Waals surface area contributed by atoms with E-state index in [0.717, 1.165) is 11.3 Å². The van der Waals surface area contributed by atoms with Crippen LogP contribution in [0.1, 0.15) is 17.0 Å². The van der Waals surface area contributed by atoms with Crippen LogP contribution in [0.15, 0.2) is 30.6 Å². The number of aromatic amines is 1. The zero-order valence-corrected chi connectivity index (χ0v) is 10.1. The van der Waals surface area contributed by atoms with Crippen molar-refractivity contribution in [2.45, 2.75) is 18.9 Å². The Kier molecular flexibility index (Phi) is 3.91. The fourth-order valence-corrected chi connectivity index (χ4v) is 1.78. The van der Waals surface area contributed by atoms with Gasteiger partial charge in [-0.25, -0.2) is 9.37 Å². The van der Waals surface area contributed by atoms with Gasteiger partial charge < -0.3 is 15.8 Å². The number of carboxylic acids is 1. The van der Waals surface area contributed by atoms with E-state index in [2.05, 4.69) is 9.97 Å². The minimum absolute atomic E-state index is 0.162. The van der Waals surface area contributed by atoms with Crippen LogP contribution in [0, 0.1) is 5.82 Å². The van der Waals surface area contributed by atoms with E-state index in [1.54, 1.807) is 12.1 Å². The van der Waals surface area contributed by atoms with Crippen LogP contribution in [0.2, 0.25) is 0 Å². The van der Waals surface area contributed by atoms with Gasteiger partial charge in [0.25, 0.3) is 0 Å². The number of aromatic nitrogens is 2. The molecule has 0 unspecified atom stereocenters. The van der Waals surface area contributed by atoms with Crippen LogP contribution in [0.5, 0.6) is 0 Å². The number of hydrogen-bond acceptors (Lipinski definition) is 3. The number of carbonyl (C=O) groups is 1. The van der Waals surface area contributed by atoms with Crippen LogP contribution in [0.25, 0.3) is 0 Å². The number of rotatable bonds is 5. The molecule has 1 heterocycles. The molecule has 0 saturated carbocycles. The maximum Gasteiger partial charge on any atom is 0.320 e. The number of hydrogen-bond donors (Lipinski definition) is 3. The lowest BCUT2D eigenvalue weighted by Gasteiger charge is -2.06. The van der Waals surface area contributed by atoms with Gasteiger partial charge in [-0.05, 0) is 17.7 Å². The van der Waals surface area contributed by atoms with E-state index < -0.39 is 12.0 Å². The van der Waals surface area contributed by atoms with Crippen LogP contribution < -0.4 is 5.73 Å². The van der Waals surface area contributed by atoms with E-state index in [1.807, 2.05) is 0 Å². The van der Waals surface area contributed by atoms with Gasteiger partial charge in [-0.3, -0.25) is 4.79 Å². The molecule has 0 bridgehead atoms. The number of H-pyrrole nitrogens is 1. The average Bonchev–Trinajstić information content (AvgIpc) is 2.79. The van der Waals surface area contributed by atoms with Crippen molar-refractivity contribution in [3.05, 3.63) is 53.4 Å². The summed E-state index contributed by atoms with van der Waals surface area (Å²) in [6, 6.07) is 5.15. The zero-order chi connectivity index (χ0) is 13.8. The molecule has 0 fully saturated rings. The molecule has 2 rings (SSSR count). The molecule has 0 aliphatic rings. The van der Waals surface area contributed by atoms with E-state index in [4.69, 9.17) is 10.8 Å². The topological polar surface area (TPSA) is 92.0 Å². The smallest absolute Gasteiger partial charge is 0.320 e. The molecule has 0 aliphatic heterocycles. The Labute approximate surface area is 109 Å². The SMILES string of the molecule is N[C@@H](Cc1nc[nH]c1Cc1ccc(F)cc1)C(=O)O. The van der Waals surface area contributed by atoms with E-state index in [1.165, 1.54) is 18.5 Å². The fourth-order valence-electron chi connectivity index (χ4n) is 1.78. The summed E-state index contributed by atoms with van der Waals surface area (Å²) in [4.78, 5) is 17.8. The number of imidazole rings is 1. The van der Waals surface area contributed by atoms with Crippen molar-refractivity contribution in [3.63, 3.8) is 0 Å². The maximum absolute atomic E-state index is 12.8. The third-order valence-corrected chi connectivity index (χ3v) is 2.83. The van der Waals surface area contributed by atoms with Crippen molar-refractivity contribution < 1.29 is 14.3 Å². The largest absolute Gasteiger partial charge is 0.480 e. The first-order valence-electron chi connectivity index (χ1n) is 5.80. The van der Waals surface area contributed by atoms with Crippen LogP contribution in [-0.2, 0) is 17.6 Å². The van der Waals surface area contributed by atoms with Gasteiger partial charge in [-0.1, -0.05) is 12.1 Å². The van der Waals surface area contributed by atoms with Crippen molar-refractivity contribution in [1.82, 2.24) is 9.97 Å². The van der Waals surface area contributed by atoms with Crippen LogP contribution in [0.4, 0.5) is 4.39 Å². The molecule has 0 saturated heterocycles. The number of carboxylic acid groups (broad SMARTS) is 1. The standard InChI is InChI=1S/C13H14FN3O2/c14-9-3-1-8(2-4-9)5-11-12(17-7-16-11)6-10(15)13(18)19/h1-4,7,10H,5-6,15H2,(H,16,17)(H,18,19)/t10-/m0/s1. The van der Waals surface area contributed by atoms with Crippen molar-refractivity contribution in [3.8, 4) is 0 Å². The van der Waals surface area contributed by atoms with Gasteiger partial charge in [0.15, 0.2) is 0 Å². The molecular weight excluding hydrogens is 249 g/mol. The second-order valence-electron chi connectivity index (χ2n) is 4.28. The van der Waals surface area contributed by atoms with Gasteiger partial charge in [0.1, 0.15) is 11.9 Å². The van der Waals surface area contributed by atoms with Gasteiger partial charge in [0, 0.05) is 18.5 Å². The van der Waals surface area contributed by atoms with Crippen LogP contribution in [-0.4, -0.2) is 27.1 Å². The van der Waals surface area contributed by atoms with Crippen LogP contribution in [0.3, 0.4) is 0 Å². The average molecular weight is 263 g/mol. The lowest BCUT2D eigenvalue weighted by atomic mass is 10.1. The summed E-state index contributed by atoms with van der Waals surface area (Å²) in [7, 11) is 0. The predicted molar refractivity (Wildman–Crippen MR) is 67.1 cm³/mol. The second kappa shape index (κ2) is 5.62. The molecule has 1 atom stereocenters. The molecule has 19 heavy (non-hydrogen) atoms.